The lowest BCUT2D eigenvalue weighted by Crippen LogP contribution is -2.58. The summed E-state index contributed by atoms with van der Waals surface area (Å²) in [5, 5.41) is 31.1. The Morgan fingerprint density at radius 1 is 1.41 bits per heavy atom. The van der Waals surface area contributed by atoms with Crippen LogP contribution in [0.25, 0.3) is 0 Å². The molecule has 0 aliphatic carbocycles. The standard InChI is InChI=1S/C10H19NO6/c1-5(13)11-3-6-8(14)9(15)7(4-12)17-10(6)16-2/h6-10,12,14-15H,3-4H2,1-2H3,(H,11,13). The summed E-state index contributed by atoms with van der Waals surface area (Å²) in [7, 11) is 1.39. The van der Waals surface area contributed by atoms with Crippen LogP contribution in [0.4, 0.5) is 0 Å². The van der Waals surface area contributed by atoms with Crippen LogP contribution in [0.15, 0.2) is 0 Å². The maximum absolute atomic E-state index is 10.8. The van der Waals surface area contributed by atoms with Gasteiger partial charge >= 0.3 is 0 Å². The first kappa shape index (κ1) is 14.3. The lowest BCUT2D eigenvalue weighted by atomic mass is 9.91. The van der Waals surface area contributed by atoms with Crippen molar-refractivity contribution < 1.29 is 29.6 Å². The molecule has 0 spiro atoms. The Hall–Kier alpha value is -0.730. The largest absolute Gasteiger partial charge is 0.394 e. The number of amides is 1. The first-order valence-corrected chi connectivity index (χ1v) is 5.41. The predicted octanol–water partition coefficient (Wildman–Crippen LogP) is -2.18. The fraction of sp³-hybridized carbons (Fsp3) is 0.900. The fourth-order valence-corrected chi connectivity index (χ4v) is 1.85. The highest BCUT2D eigenvalue weighted by Gasteiger charge is 2.44. The van der Waals surface area contributed by atoms with Crippen LogP contribution >= 0.6 is 0 Å². The zero-order chi connectivity index (χ0) is 13.0. The molecule has 1 heterocycles. The van der Waals surface area contributed by atoms with Gasteiger partial charge in [0.15, 0.2) is 6.29 Å². The summed E-state index contributed by atoms with van der Waals surface area (Å²) in [6.45, 7) is 1.07. The molecule has 0 radical (unpaired) electrons. The van der Waals surface area contributed by atoms with Crippen LogP contribution in [0.5, 0.6) is 0 Å². The van der Waals surface area contributed by atoms with Crippen LogP contribution < -0.4 is 5.32 Å². The molecule has 0 bridgehead atoms. The molecule has 1 saturated heterocycles. The predicted molar refractivity (Wildman–Crippen MR) is 56.9 cm³/mol. The summed E-state index contributed by atoms with van der Waals surface area (Å²) in [5.41, 5.74) is 0. The van der Waals surface area contributed by atoms with Gasteiger partial charge in [0, 0.05) is 20.6 Å². The fourth-order valence-electron chi connectivity index (χ4n) is 1.85. The Bertz CT molecular complexity index is 259. The quantitative estimate of drug-likeness (QED) is 0.451. The number of hydrogen-bond donors (Lipinski definition) is 4. The third-order valence-electron chi connectivity index (χ3n) is 2.83. The van der Waals surface area contributed by atoms with Gasteiger partial charge < -0.3 is 30.1 Å². The zero-order valence-electron chi connectivity index (χ0n) is 9.87. The van der Waals surface area contributed by atoms with Crippen molar-refractivity contribution in [2.24, 2.45) is 5.92 Å². The molecule has 100 valence electrons. The van der Waals surface area contributed by atoms with E-state index >= 15 is 0 Å². The molecule has 17 heavy (non-hydrogen) atoms. The van der Waals surface area contributed by atoms with Crippen molar-refractivity contribution in [1.82, 2.24) is 5.32 Å². The number of methoxy groups -OCH3 is 1. The molecule has 5 unspecified atom stereocenters. The van der Waals surface area contributed by atoms with Gasteiger partial charge in [-0.25, -0.2) is 0 Å². The lowest BCUT2D eigenvalue weighted by molar-refractivity contribution is -0.277. The molecule has 1 aliphatic heterocycles. The van der Waals surface area contributed by atoms with Crippen LogP contribution in [0.1, 0.15) is 6.92 Å². The molecule has 5 atom stereocenters. The molecule has 1 rings (SSSR count). The van der Waals surface area contributed by atoms with Crippen LogP contribution in [-0.4, -0.2) is 66.1 Å². The third kappa shape index (κ3) is 3.36. The van der Waals surface area contributed by atoms with Gasteiger partial charge in [0.2, 0.25) is 5.91 Å². The summed E-state index contributed by atoms with van der Waals surface area (Å²) in [5.74, 6) is -0.826. The van der Waals surface area contributed by atoms with E-state index in [1.807, 2.05) is 0 Å². The number of carbonyl (C=O) groups is 1. The van der Waals surface area contributed by atoms with Gasteiger partial charge in [0.05, 0.1) is 18.6 Å². The number of nitrogens with one attached hydrogen (secondary N) is 1. The lowest BCUT2D eigenvalue weighted by Gasteiger charge is -2.41. The minimum Gasteiger partial charge on any atom is -0.394 e. The van der Waals surface area contributed by atoms with Gasteiger partial charge in [0.25, 0.3) is 0 Å². The van der Waals surface area contributed by atoms with Crippen molar-refractivity contribution in [2.75, 3.05) is 20.3 Å². The summed E-state index contributed by atoms with van der Waals surface area (Å²) in [6.07, 6.45) is -4.00. The van der Waals surface area contributed by atoms with E-state index in [4.69, 9.17) is 14.6 Å². The number of aliphatic hydroxyl groups is 3. The molecule has 1 amide bonds. The van der Waals surface area contributed by atoms with Crippen molar-refractivity contribution in [2.45, 2.75) is 31.5 Å². The number of aliphatic hydroxyl groups excluding tert-OH is 3. The van der Waals surface area contributed by atoms with E-state index in [2.05, 4.69) is 5.32 Å². The summed E-state index contributed by atoms with van der Waals surface area (Å²) in [4.78, 5) is 10.8. The van der Waals surface area contributed by atoms with Gasteiger partial charge in [-0.05, 0) is 0 Å². The molecule has 0 aromatic rings. The second-order valence-corrected chi connectivity index (χ2v) is 4.04. The highest BCUT2D eigenvalue weighted by molar-refractivity contribution is 5.72. The normalized spacial score (nSPS) is 37.8. The van der Waals surface area contributed by atoms with Crippen LogP contribution in [0.2, 0.25) is 0 Å². The highest BCUT2D eigenvalue weighted by Crippen LogP contribution is 2.26. The number of ether oxygens (including phenoxy) is 2. The minimum absolute atomic E-state index is 0.129. The Kier molecular flexibility index (Phi) is 5.29. The smallest absolute Gasteiger partial charge is 0.216 e. The Morgan fingerprint density at radius 3 is 2.53 bits per heavy atom. The van der Waals surface area contributed by atoms with Gasteiger partial charge in [0.1, 0.15) is 12.2 Å². The van der Waals surface area contributed by atoms with Gasteiger partial charge in [-0.3, -0.25) is 4.79 Å². The van der Waals surface area contributed by atoms with E-state index in [1.54, 1.807) is 0 Å². The number of rotatable bonds is 4. The highest BCUT2D eigenvalue weighted by atomic mass is 16.7. The zero-order valence-corrected chi connectivity index (χ0v) is 9.87. The summed E-state index contributed by atoms with van der Waals surface area (Å²) >= 11 is 0. The van der Waals surface area contributed by atoms with Crippen molar-refractivity contribution in [3.8, 4) is 0 Å². The Labute approximate surface area is 99.3 Å². The van der Waals surface area contributed by atoms with E-state index in [-0.39, 0.29) is 12.5 Å². The molecule has 0 saturated carbocycles. The molecule has 0 aromatic heterocycles. The SMILES string of the molecule is COC1OC(CO)C(O)C(O)C1CNC(C)=O. The Morgan fingerprint density at radius 2 is 2.06 bits per heavy atom. The van der Waals surface area contributed by atoms with E-state index in [0.29, 0.717) is 0 Å². The van der Waals surface area contributed by atoms with Gasteiger partial charge in [-0.1, -0.05) is 0 Å². The molecule has 0 aromatic carbocycles. The third-order valence-corrected chi connectivity index (χ3v) is 2.83. The average Bonchev–Trinajstić information content (AvgIpc) is 2.30. The minimum atomic E-state index is -1.20. The molecular weight excluding hydrogens is 230 g/mol. The average molecular weight is 249 g/mol. The van der Waals surface area contributed by atoms with Crippen LogP contribution in [-0.2, 0) is 14.3 Å². The summed E-state index contributed by atoms with van der Waals surface area (Å²) < 4.78 is 10.3. The van der Waals surface area contributed by atoms with E-state index in [0.717, 1.165) is 0 Å². The molecular formula is C10H19NO6. The van der Waals surface area contributed by atoms with Gasteiger partial charge in [-0.15, -0.1) is 0 Å². The second kappa shape index (κ2) is 6.27. The first-order valence-electron chi connectivity index (χ1n) is 5.41. The maximum atomic E-state index is 10.8. The topological polar surface area (TPSA) is 108 Å². The molecule has 4 N–H and O–H groups in total. The van der Waals surface area contributed by atoms with E-state index < -0.39 is 37.1 Å². The molecule has 7 heteroatoms. The molecule has 7 nitrogen and oxygen atoms in total. The Balaban J connectivity index is 2.68. The maximum Gasteiger partial charge on any atom is 0.216 e. The monoisotopic (exact) mass is 249 g/mol. The molecule has 1 fully saturated rings. The molecule has 1 aliphatic rings. The number of carbonyl (C=O) groups excluding carboxylic acids is 1. The van der Waals surface area contributed by atoms with Crippen molar-refractivity contribution in [1.29, 1.82) is 0 Å². The van der Waals surface area contributed by atoms with Crippen LogP contribution in [0.3, 0.4) is 0 Å². The van der Waals surface area contributed by atoms with Crippen molar-refractivity contribution >= 4 is 5.91 Å². The van der Waals surface area contributed by atoms with E-state index in [9.17, 15) is 15.0 Å². The summed E-state index contributed by atoms with van der Waals surface area (Å²) in [6, 6.07) is 0. The van der Waals surface area contributed by atoms with Crippen molar-refractivity contribution in [3.05, 3.63) is 0 Å². The van der Waals surface area contributed by atoms with Crippen molar-refractivity contribution in [3.63, 3.8) is 0 Å². The second-order valence-electron chi connectivity index (χ2n) is 4.04. The van der Waals surface area contributed by atoms with Gasteiger partial charge in [-0.2, -0.15) is 0 Å². The first-order chi connectivity index (χ1) is 8.01. The number of hydrogen-bond acceptors (Lipinski definition) is 6. The van der Waals surface area contributed by atoms with Crippen LogP contribution in [0, 0.1) is 5.92 Å². The van der Waals surface area contributed by atoms with E-state index in [1.165, 1.54) is 14.0 Å².